The maximum absolute atomic E-state index is 5.97. The number of hydrogen-bond donors (Lipinski definition) is 0. The van der Waals surface area contributed by atoms with Crippen molar-refractivity contribution in [1.82, 2.24) is 0 Å². The molecule has 4 rings (SSSR count). The molecule has 3 heteroatoms. The van der Waals surface area contributed by atoms with Gasteiger partial charge in [-0.05, 0) is 48.0 Å². The van der Waals surface area contributed by atoms with E-state index in [1.165, 1.54) is 5.31 Å². The van der Waals surface area contributed by atoms with Crippen LogP contribution < -0.4 is 5.30 Å². The predicted molar refractivity (Wildman–Crippen MR) is 173 cm³/mol. The van der Waals surface area contributed by atoms with Crippen LogP contribution in [0.3, 0.4) is 0 Å². The first-order valence-electron chi connectivity index (χ1n) is 12.8. The molecule has 0 saturated heterocycles. The van der Waals surface area contributed by atoms with Gasteiger partial charge in [0.25, 0.3) is 0 Å². The summed E-state index contributed by atoms with van der Waals surface area (Å²) in [6.07, 6.45) is 45.5. The molecule has 188 valence electrons. The molecule has 0 aliphatic heterocycles. The van der Waals surface area contributed by atoms with E-state index in [4.69, 9.17) is 10.8 Å². The summed E-state index contributed by atoms with van der Waals surface area (Å²) in [7, 11) is -4.96. The van der Waals surface area contributed by atoms with Gasteiger partial charge in [0, 0.05) is 12.4 Å². The molecule has 0 heterocycles. The van der Waals surface area contributed by atoms with Crippen LogP contribution in [0, 0.1) is 11.8 Å². The first-order chi connectivity index (χ1) is 18.7. The Labute approximate surface area is 228 Å². The van der Waals surface area contributed by atoms with Crippen molar-refractivity contribution in [3.63, 3.8) is 0 Å². The first-order valence-corrected chi connectivity index (χ1v) is 16.6. The topological polar surface area (TPSA) is 12.4 Å². The maximum Gasteiger partial charge on any atom is 0.0807 e. The van der Waals surface area contributed by atoms with E-state index in [1.807, 2.05) is 61.6 Å². The molecule has 0 fully saturated rings. The molecule has 3 unspecified atom stereocenters. The molecule has 1 aromatic rings. The third-order valence-electron chi connectivity index (χ3n) is 6.15. The molecule has 0 aromatic heterocycles. The minimum absolute atomic E-state index is 0.0998. The van der Waals surface area contributed by atoms with Crippen molar-refractivity contribution >= 4 is 25.7 Å². The zero-order chi connectivity index (χ0) is 26.5. The lowest BCUT2D eigenvalue weighted by Gasteiger charge is -2.32. The summed E-state index contributed by atoms with van der Waals surface area (Å²) >= 11 is 0. The minimum Gasteiger partial charge on any atom is -0.263 e. The van der Waals surface area contributed by atoms with Crippen LogP contribution in [0.15, 0.2) is 172 Å². The van der Waals surface area contributed by atoms with Crippen LogP contribution in [0.1, 0.15) is 13.3 Å². The molecule has 3 atom stereocenters. The Bertz CT molecular complexity index is 1560. The smallest absolute Gasteiger partial charge is 0.0807 e. The largest absolute Gasteiger partial charge is 0.263 e. The van der Waals surface area contributed by atoms with Crippen molar-refractivity contribution in [1.29, 1.82) is 0 Å². The van der Waals surface area contributed by atoms with Gasteiger partial charge in [-0.2, -0.15) is 0 Å². The molecule has 0 spiro atoms. The highest BCUT2D eigenvalue weighted by molar-refractivity contribution is 7.89. The SMILES string of the molecule is C=P(N=P(/C=C/C=C\C=C/C)(C1=C=CC=CC=C1)C1=CCC=CC=C1)(c1ccccc1)C1C#CC=CC=C1. The fourth-order valence-electron chi connectivity index (χ4n) is 4.24. The van der Waals surface area contributed by atoms with Crippen molar-refractivity contribution in [2.24, 2.45) is 4.52 Å². The van der Waals surface area contributed by atoms with Gasteiger partial charge < -0.3 is 0 Å². The third kappa shape index (κ3) is 6.56. The fourth-order valence-corrected chi connectivity index (χ4v) is 12.1. The van der Waals surface area contributed by atoms with E-state index >= 15 is 0 Å². The number of hydrogen-bond acceptors (Lipinski definition) is 1. The van der Waals surface area contributed by atoms with E-state index in [0.717, 1.165) is 17.0 Å². The third-order valence-corrected chi connectivity index (χ3v) is 13.7. The van der Waals surface area contributed by atoms with E-state index in [-0.39, 0.29) is 5.66 Å². The van der Waals surface area contributed by atoms with Crippen LogP contribution in [0.2, 0.25) is 0 Å². The van der Waals surface area contributed by atoms with Crippen molar-refractivity contribution in [3.8, 4) is 11.8 Å². The summed E-state index contributed by atoms with van der Waals surface area (Å²) in [5.41, 5.74) is 3.49. The fraction of sp³-hybridized carbons (Fsp3) is 0.0857. The van der Waals surface area contributed by atoms with Crippen molar-refractivity contribution in [2.75, 3.05) is 0 Å². The quantitative estimate of drug-likeness (QED) is 0.138. The standard InChI is InChI=1S/C35H33NP2/c1-3-4-5-12-22-31-38(34-27-16-8-9-17-28-34,35-29-18-10-11-19-30-35)36-37(2,33-25-20-13-21-26-33)32-23-14-6-7-15-24-32/h3-14,16-18,20-23,25-27,29-32H,2,19H2,1H3/b4-3-,12-5-,31-22+. The zero-order valence-electron chi connectivity index (χ0n) is 21.8. The van der Waals surface area contributed by atoms with Gasteiger partial charge in [-0.15, -0.1) is 5.73 Å². The van der Waals surface area contributed by atoms with Crippen LogP contribution in [0.4, 0.5) is 0 Å². The van der Waals surface area contributed by atoms with Gasteiger partial charge >= 0.3 is 0 Å². The van der Waals surface area contributed by atoms with Gasteiger partial charge in [0.05, 0.1) is 12.7 Å². The Morgan fingerprint density at radius 2 is 1.76 bits per heavy atom. The number of benzene rings is 1. The van der Waals surface area contributed by atoms with Gasteiger partial charge in [0.2, 0.25) is 0 Å². The summed E-state index contributed by atoms with van der Waals surface area (Å²) in [5.74, 6) is 9.00. The van der Waals surface area contributed by atoms with Crippen LogP contribution in [-0.4, -0.2) is 12.0 Å². The summed E-state index contributed by atoms with van der Waals surface area (Å²) in [6.45, 7) is 2.02. The highest BCUT2D eigenvalue weighted by atomic mass is 31.2. The molecular weight excluding hydrogens is 496 g/mol. The lowest BCUT2D eigenvalue weighted by Crippen LogP contribution is -2.13. The monoisotopic (exact) mass is 529 g/mol. The van der Waals surface area contributed by atoms with Gasteiger partial charge in [-0.25, -0.2) is 0 Å². The van der Waals surface area contributed by atoms with Crippen molar-refractivity contribution in [2.45, 2.75) is 19.0 Å². The maximum atomic E-state index is 5.97. The van der Waals surface area contributed by atoms with Crippen LogP contribution in [-0.2, 0) is 0 Å². The Kier molecular flexibility index (Phi) is 9.82. The van der Waals surface area contributed by atoms with Crippen molar-refractivity contribution in [3.05, 3.63) is 168 Å². The van der Waals surface area contributed by atoms with Crippen LogP contribution in [0.5, 0.6) is 0 Å². The van der Waals surface area contributed by atoms with Crippen LogP contribution >= 0.6 is 14.1 Å². The molecule has 0 amide bonds. The van der Waals surface area contributed by atoms with E-state index in [2.05, 4.69) is 114 Å². The molecule has 1 nitrogen and oxygen atoms in total. The Balaban J connectivity index is 2.11. The summed E-state index contributed by atoms with van der Waals surface area (Å²) in [4.78, 5) is 0. The summed E-state index contributed by atoms with van der Waals surface area (Å²) < 4.78 is 5.97. The zero-order valence-corrected chi connectivity index (χ0v) is 23.6. The van der Waals surface area contributed by atoms with Crippen molar-refractivity contribution < 1.29 is 0 Å². The first kappa shape index (κ1) is 27.3. The average molecular weight is 530 g/mol. The summed E-state index contributed by atoms with van der Waals surface area (Å²) in [6, 6.07) is 10.5. The Morgan fingerprint density at radius 3 is 2.63 bits per heavy atom. The molecule has 3 aliphatic rings. The average Bonchev–Trinajstić information content (AvgIpc) is 3.50. The highest BCUT2D eigenvalue weighted by Crippen LogP contribution is 2.73. The second-order valence-corrected chi connectivity index (χ2v) is 14.9. The molecule has 0 radical (unpaired) electrons. The van der Waals surface area contributed by atoms with Gasteiger partial charge in [0.1, 0.15) is 0 Å². The molecule has 0 saturated carbocycles. The molecule has 3 aliphatic carbocycles. The number of nitrogens with zero attached hydrogens (tertiary/aromatic N) is 1. The Hall–Kier alpha value is -3.77. The number of allylic oxidation sites excluding steroid dienone is 20. The normalized spacial score (nSPS) is 21.3. The van der Waals surface area contributed by atoms with Crippen LogP contribution in [0.25, 0.3) is 0 Å². The highest BCUT2D eigenvalue weighted by Gasteiger charge is 2.32. The van der Waals surface area contributed by atoms with Gasteiger partial charge in [0.15, 0.2) is 0 Å². The second-order valence-electron chi connectivity index (χ2n) is 8.76. The molecule has 1 aromatic carbocycles. The van der Waals surface area contributed by atoms with E-state index in [1.54, 1.807) is 0 Å². The van der Waals surface area contributed by atoms with Gasteiger partial charge in [-0.3, -0.25) is 4.52 Å². The van der Waals surface area contributed by atoms with E-state index in [0.29, 0.717) is 0 Å². The minimum atomic E-state index is -2.50. The molecule has 0 N–H and O–H groups in total. The lowest BCUT2D eigenvalue weighted by molar-refractivity contribution is 1.40. The summed E-state index contributed by atoms with van der Waals surface area (Å²) in [5, 5.41) is 3.42. The van der Waals surface area contributed by atoms with E-state index in [9.17, 15) is 0 Å². The lowest BCUT2D eigenvalue weighted by atomic mass is 10.4. The Morgan fingerprint density at radius 1 is 0.921 bits per heavy atom. The number of rotatable bonds is 8. The second kappa shape index (κ2) is 13.7. The predicted octanol–water partition coefficient (Wildman–Crippen LogP) is 9.59. The molecule has 38 heavy (non-hydrogen) atoms. The molecular formula is C35H33NP2. The molecule has 0 bridgehead atoms. The van der Waals surface area contributed by atoms with Gasteiger partial charge in [-0.1, -0.05) is 146 Å². The van der Waals surface area contributed by atoms with E-state index < -0.39 is 14.1 Å².